The first-order chi connectivity index (χ1) is 50.3. The monoisotopic (exact) mass is 1350 g/mol. The topological polar surface area (TPSA) is 81.2 Å². The molecule has 0 saturated carbocycles. The molecule has 0 aliphatic carbocycles. The molecule has 8 nitrogen and oxygen atoms in total. The molecule has 17 rings (SSSR count). The van der Waals surface area contributed by atoms with Crippen LogP contribution >= 0.6 is 0 Å². The van der Waals surface area contributed by atoms with E-state index in [9.17, 15) is 0 Å². The Morgan fingerprint density at radius 1 is 0.212 bits per heavy atom. The summed E-state index contributed by atoms with van der Waals surface area (Å²) in [5.74, 6) is -1.74. The number of anilines is 8. The summed E-state index contributed by atoms with van der Waals surface area (Å²) in [4.78, 5) is 68.8. The van der Waals surface area contributed by atoms with E-state index in [4.69, 9.17) is 0 Å². The number of benzene rings is 15. The number of amides is 4. The Kier molecular flexibility index (Phi) is 15.4. The lowest BCUT2D eigenvalue weighted by Gasteiger charge is -2.32. The van der Waals surface area contributed by atoms with Gasteiger partial charge in [-0.05, 0) is 186 Å². The van der Waals surface area contributed by atoms with Crippen LogP contribution in [0.15, 0.2) is 315 Å². The number of rotatable bonds is 16. The first-order valence-corrected chi connectivity index (χ1v) is 35.7. The molecular formula is C96H76N4O4. The molecule has 0 atom stereocenters. The summed E-state index contributed by atoms with van der Waals surface area (Å²) >= 11 is 0. The molecule has 0 spiro atoms. The van der Waals surface area contributed by atoms with Crippen molar-refractivity contribution in [3.63, 3.8) is 0 Å². The lowest BCUT2D eigenvalue weighted by atomic mass is 9.78. The third-order valence-electron chi connectivity index (χ3n) is 22.7. The van der Waals surface area contributed by atoms with Crippen LogP contribution in [0.4, 0.5) is 45.5 Å². The molecule has 2 aliphatic heterocycles. The van der Waals surface area contributed by atoms with Gasteiger partial charge < -0.3 is 9.80 Å². The summed E-state index contributed by atoms with van der Waals surface area (Å²) in [6.45, 7) is 17.9. The quantitative estimate of drug-likeness (QED) is 0.0545. The van der Waals surface area contributed by atoms with E-state index in [0.717, 1.165) is 88.7 Å². The lowest BCUT2D eigenvalue weighted by Crippen LogP contribution is -2.40. The predicted molar refractivity (Wildman–Crippen MR) is 426 cm³/mol. The van der Waals surface area contributed by atoms with E-state index >= 15 is 19.2 Å². The predicted octanol–water partition coefficient (Wildman–Crippen LogP) is 23.6. The molecule has 0 fully saturated rings. The van der Waals surface area contributed by atoms with E-state index in [1.807, 2.05) is 121 Å². The number of carbonyl (C=O) groups excluding carboxylic acids is 4. The SMILES string of the molecule is CC(C)(c1ccccc1)c1ccc(N(c2ccc(C(C)(C)c3ccccc3)cc2)c2cccc(N3C(=O)c4ccc5c6ccc7c8c(ccc(c9ccc(c4c59)C3=O)c86)C(=O)N(c3cccc(N(c4ccc(C(C)(C)c5ccccc5)cc4)c4ccc(C(C)(C)c5ccccc5)cc4)c3)C7=O)c2)cc1. The van der Waals surface area contributed by atoms with Crippen LogP contribution in [0.5, 0.6) is 0 Å². The second kappa shape index (κ2) is 24.6. The Labute approximate surface area is 606 Å². The van der Waals surface area contributed by atoms with Crippen LogP contribution in [-0.2, 0) is 21.7 Å². The molecule has 104 heavy (non-hydrogen) atoms. The average molecular weight is 1350 g/mol. The third-order valence-corrected chi connectivity index (χ3v) is 22.7. The zero-order valence-corrected chi connectivity index (χ0v) is 59.4. The van der Waals surface area contributed by atoms with Gasteiger partial charge in [0, 0.05) is 88.8 Å². The van der Waals surface area contributed by atoms with Crippen LogP contribution in [0.1, 0.15) is 141 Å². The largest absolute Gasteiger partial charge is 0.310 e. The van der Waals surface area contributed by atoms with Crippen molar-refractivity contribution in [2.75, 3.05) is 19.6 Å². The maximum absolute atomic E-state index is 15.4. The van der Waals surface area contributed by atoms with Crippen LogP contribution < -0.4 is 19.6 Å². The van der Waals surface area contributed by atoms with Gasteiger partial charge in [0.2, 0.25) is 0 Å². The van der Waals surface area contributed by atoms with Crippen molar-refractivity contribution in [3.8, 4) is 0 Å². The molecule has 2 heterocycles. The van der Waals surface area contributed by atoms with E-state index in [0.29, 0.717) is 44.4 Å². The first kappa shape index (κ1) is 64.8. The Morgan fingerprint density at radius 3 is 0.663 bits per heavy atom. The van der Waals surface area contributed by atoms with Crippen LogP contribution in [0.25, 0.3) is 43.1 Å². The fourth-order valence-corrected chi connectivity index (χ4v) is 16.4. The molecule has 0 radical (unpaired) electrons. The highest BCUT2D eigenvalue weighted by Gasteiger charge is 2.40. The highest BCUT2D eigenvalue weighted by Crippen LogP contribution is 2.50. The second-order valence-electron chi connectivity index (χ2n) is 29.9. The van der Waals surface area contributed by atoms with Crippen molar-refractivity contribution in [2.24, 2.45) is 0 Å². The van der Waals surface area contributed by atoms with E-state index in [1.54, 1.807) is 0 Å². The molecule has 2 aliphatic rings. The van der Waals surface area contributed by atoms with Crippen molar-refractivity contribution in [1.82, 2.24) is 0 Å². The fourth-order valence-electron chi connectivity index (χ4n) is 16.4. The Bertz CT molecular complexity index is 5230. The summed E-state index contributed by atoms with van der Waals surface area (Å²) in [6.07, 6.45) is 0. The van der Waals surface area contributed by atoms with Crippen molar-refractivity contribution in [3.05, 3.63) is 382 Å². The number of hydrogen-bond acceptors (Lipinski definition) is 6. The molecule has 504 valence electrons. The van der Waals surface area contributed by atoms with Crippen molar-refractivity contribution < 1.29 is 19.2 Å². The normalized spacial score (nSPS) is 13.4. The molecule has 4 amide bonds. The van der Waals surface area contributed by atoms with Crippen LogP contribution in [0.2, 0.25) is 0 Å². The maximum atomic E-state index is 15.4. The van der Waals surface area contributed by atoms with Crippen molar-refractivity contribution in [2.45, 2.75) is 77.0 Å². The average Bonchev–Trinajstić information content (AvgIpc) is 0.688. The Hall–Kier alpha value is -12.5. The maximum Gasteiger partial charge on any atom is 0.265 e. The minimum atomic E-state index is -0.434. The minimum absolute atomic E-state index is 0.265. The summed E-state index contributed by atoms with van der Waals surface area (Å²) in [7, 11) is 0. The summed E-state index contributed by atoms with van der Waals surface area (Å²) in [6, 6.07) is 107. The van der Waals surface area contributed by atoms with Crippen LogP contribution in [0.3, 0.4) is 0 Å². The summed E-state index contributed by atoms with van der Waals surface area (Å²) in [5, 5.41) is 5.93. The number of carbonyl (C=O) groups is 4. The van der Waals surface area contributed by atoms with Gasteiger partial charge in [-0.2, -0.15) is 0 Å². The highest BCUT2D eigenvalue weighted by atomic mass is 16.2. The molecular weight excluding hydrogens is 1270 g/mol. The Balaban J connectivity index is 0.711. The van der Waals surface area contributed by atoms with Crippen molar-refractivity contribution in [1.29, 1.82) is 0 Å². The zero-order valence-electron chi connectivity index (χ0n) is 59.4. The van der Waals surface area contributed by atoms with Gasteiger partial charge in [-0.3, -0.25) is 19.2 Å². The van der Waals surface area contributed by atoms with E-state index in [-0.39, 0.29) is 21.7 Å². The number of nitrogens with zero attached hydrogens (tertiary/aromatic N) is 4. The lowest BCUT2D eigenvalue weighted by molar-refractivity contribution is 0.0877. The minimum Gasteiger partial charge on any atom is -0.310 e. The van der Waals surface area contributed by atoms with Crippen molar-refractivity contribution >= 4 is 112 Å². The molecule has 0 bridgehead atoms. The zero-order chi connectivity index (χ0) is 71.6. The molecule has 0 saturated heterocycles. The second-order valence-corrected chi connectivity index (χ2v) is 29.9. The van der Waals surface area contributed by atoms with E-state index in [2.05, 4.69) is 259 Å². The molecule has 15 aromatic rings. The Morgan fingerprint density at radius 2 is 0.433 bits per heavy atom. The smallest absolute Gasteiger partial charge is 0.265 e. The molecule has 0 aromatic heterocycles. The molecule has 0 unspecified atom stereocenters. The van der Waals surface area contributed by atoms with E-state index < -0.39 is 23.6 Å². The first-order valence-electron chi connectivity index (χ1n) is 35.7. The molecule has 15 aromatic carbocycles. The van der Waals surface area contributed by atoms with Gasteiger partial charge in [-0.15, -0.1) is 0 Å². The number of fused-ring (bicyclic) bond motifs is 2. The summed E-state index contributed by atoms with van der Waals surface area (Å²) in [5.41, 5.74) is 16.1. The third kappa shape index (κ3) is 10.4. The summed E-state index contributed by atoms with van der Waals surface area (Å²) < 4.78 is 0. The standard InChI is InChI=1S/C96H76N4O4/c1-93(2,61-23-13-9-14-24-61)65-35-43-69(44-36-65)97(70-45-37-66(38-46-70)94(3,4)62-25-15-10-16-26-62)73-31-21-33-75(59-73)99-89(101)81-55-51-77-79-53-57-83-88-84(58-54-80(86(79)88)78-52-56-82(90(99)102)87(81)85(77)78)92(104)100(91(83)103)76-34-22-32-74(60-76)98(71-47-39-67(40-48-71)95(5,6)63-27-17-11-18-28-63)72-49-41-68(42-50-72)96(7,8)64-29-19-12-20-30-64/h9-60H,1-8H3. The van der Waals surface area contributed by atoms with Gasteiger partial charge in [-0.1, -0.05) is 262 Å². The van der Waals surface area contributed by atoms with Gasteiger partial charge in [0.1, 0.15) is 0 Å². The number of imide groups is 2. The van der Waals surface area contributed by atoms with Gasteiger partial charge in [0.25, 0.3) is 23.6 Å². The molecule has 8 heteroatoms. The van der Waals surface area contributed by atoms with Gasteiger partial charge >= 0.3 is 0 Å². The fraction of sp³-hybridized carbons (Fsp3) is 0.125. The van der Waals surface area contributed by atoms with Gasteiger partial charge in [0.05, 0.1) is 11.4 Å². The van der Waals surface area contributed by atoms with E-state index in [1.165, 1.54) is 32.1 Å². The highest BCUT2D eigenvalue weighted by molar-refractivity contribution is 6.45. The van der Waals surface area contributed by atoms with Gasteiger partial charge in [-0.25, -0.2) is 9.80 Å². The van der Waals surface area contributed by atoms with Crippen LogP contribution in [0, 0.1) is 0 Å². The number of hydrogen-bond donors (Lipinski definition) is 0. The molecule has 0 N–H and O–H groups in total. The van der Waals surface area contributed by atoms with Crippen LogP contribution in [-0.4, -0.2) is 23.6 Å². The van der Waals surface area contributed by atoms with Gasteiger partial charge in [0.15, 0.2) is 0 Å².